The third kappa shape index (κ3) is 4.40. The van der Waals surface area contributed by atoms with Crippen LogP contribution in [0.2, 0.25) is 0 Å². The minimum absolute atomic E-state index is 0.0168. The van der Waals surface area contributed by atoms with Crippen molar-refractivity contribution in [1.82, 2.24) is 10.6 Å². The summed E-state index contributed by atoms with van der Waals surface area (Å²) in [5, 5.41) is 6.16. The second kappa shape index (κ2) is 7.09. The molecule has 2 atom stereocenters. The molecule has 0 aromatic rings. The lowest BCUT2D eigenvalue weighted by Crippen LogP contribution is -2.50. The van der Waals surface area contributed by atoms with Crippen molar-refractivity contribution in [3.8, 4) is 0 Å². The Labute approximate surface area is 95.5 Å². The highest BCUT2D eigenvalue weighted by atomic mass is 32.2. The average Bonchev–Trinajstić information content (AvgIpc) is 2.29. The van der Waals surface area contributed by atoms with E-state index in [2.05, 4.69) is 17.6 Å². The lowest BCUT2D eigenvalue weighted by atomic mass is 10.2. The van der Waals surface area contributed by atoms with Crippen molar-refractivity contribution >= 4 is 17.7 Å². The van der Waals surface area contributed by atoms with Crippen molar-refractivity contribution in [3.05, 3.63) is 0 Å². The Morgan fingerprint density at radius 3 is 3.07 bits per heavy atom. The fourth-order valence-corrected chi connectivity index (χ4v) is 2.21. The summed E-state index contributed by atoms with van der Waals surface area (Å²) in [4.78, 5) is 11.8. The second-order valence-electron chi connectivity index (χ2n) is 3.63. The molecule has 0 aromatic heterocycles. The molecule has 15 heavy (non-hydrogen) atoms. The largest absolute Gasteiger partial charge is 0.366 e. The summed E-state index contributed by atoms with van der Waals surface area (Å²) in [6.07, 6.45) is 2.70. The van der Waals surface area contributed by atoms with E-state index in [9.17, 15) is 4.79 Å². The van der Waals surface area contributed by atoms with Gasteiger partial charge in [0.15, 0.2) is 0 Å². The number of nitrogens with one attached hydrogen (secondary N) is 2. The van der Waals surface area contributed by atoms with Crippen LogP contribution in [0.1, 0.15) is 13.3 Å². The summed E-state index contributed by atoms with van der Waals surface area (Å²) in [5.74, 6) is 0.977. The maximum atomic E-state index is 11.8. The van der Waals surface area contributed by atoms with Crippen LogP contribution in [0.4, 0.5) is 0 Å². The smallest absolute Gasteiger partial charge is 0.250 e. The van der Waals surface area contributed by atoms with Crippen LogP contribution >= 0.6 is 11.8 Å². The summed E-state index contributed by atoms with van der Waals surface area (Å²) >= 11 is 1.75. The van der Waals surface area contributed by atoms with Crippen LogP contribution < -0.4 is 10.6 Å². The van der Waals surface area contributed by atoms with Gasteiger partial charge in [0.2, 0.25) is 0 Å². The average molecular weight is 232 g/mol. The molecule has 0 bridgehead atoms. The van der Waals surface area contributed by atoms with Gasteiger partial charge in [0.05, 0.1) is 6.61 Å². The van der Waals surface area contributed by atoms with Gasteiger partial charge in [0.1, 0.15) is 6.10 Å². The van der Waals surface area contributed by atoms with Crippen LogP contribution in [0.25, 0.3) is 0 Å². The Hall–Kier alpha value is -0.260. The quantitative estimate of drug-likeness (QED) is 0.712. The van der Waals surface area contributed by atoms with Gasteiger partial charge in [-0.15, -0.1) is 0 Å². The Kier molecular flexibility index (Phi) is 6.05. The van der Waals surface area contributed by atoms with Gasteiger partial charge in [-0.3, -0.25) is 4.79 Å². The van der Waals surface area contributed by atoms with Crippen molar-refractivity contribution in [2.75, 3.05) is 31.7 Å². The molecule has 2 unspecified atom stereocenters. The molecule has 1 saturated heterocycles. The molecule has 2 N–H and O–H groups in total. The van der Waals surface area contributed by atoms with Gasteiger partial charge in [-0.2, -0.15) is 11.8 Å². The molecule has 0 saturated carbocycles. The molecular weight excluding hydrogens is 212 g/mol. The fourth-order valence-electron chi connectivity index (χ4n) is 1.49. The van der Waals surface area contributed by atoms with Gasteiger partial charge < -0.3 is 15.4 Å². The monoisotopic (exact) mass is 232 g/mol. The zero-order chi connectivity index (χ0) is 11.1. The van der Waals surface area contributed by atoms with Crippen molar-refractivity contribution in [3.63, 3.8) is 0 Å². The van der Waals surface area contributed by atoms with E-state index in [1.807, 2.05) is 6.26 Å². The zero-order valence-electron chi connectivity index (χ0n) is 9.41. The summed E-state index contributed by atoms with van der Waals surface area (Å²) in [6.45, 7) is 4.17. The van der Waals surface area contributed by atoms with E-state index < -0.39 is 0 Å². The standard InChI is InChI=1S/C10H20N2O2S/c1-3-8(7-15-2)12-10(13)9-6-11-4-5-14-9/h8-9,11H,3-7H2,1-2H3,(H,12,13). The van der Waals surface area contributed by atoms with E-state index in [4.69, 9.17) is 4.74 Å². The molecule has 0 aromatic carbocycles. The molecule has 1 aliphatic heterocycles. The van der Waals surface area contributed by atoms with E-state index in [0.29, 0.717) is 13.2 Å². The zero-order valence-corrected chi connectivity index (χ0v) is 10.2. The molecule has 1 amide bonds. The predicted octanol–water partition coefficient (Wildman–Crippen LogP) is 0.233. The minimum atomic E-state index is -0.311. The van der Waals surface area contributed by atoms with Crippen LogP contribution in [-0.2, 0) is 9.53 Å². The van der Waals surface area contributed by atoms with Gasteiger partial charge in [-0.05, 0) is 12.7 Å². The molecule has 88 valence electrons. The molecule has 1 fully saturated rings. The number of rotatable bonds is 5. The van der Waals surface area contributed by atoms with E-state index in [-0.39, 0.29) is 18.1 Å². The summed E-state index contributed by atoms with van der Waals surface area (Å²) in [5.41, 5.74) is 0. The molecule has 1 heterocycles. The molecular formula is C10H20N2O2S. The van der Waals surface area contributed by atoms with Crippen molar-refractivity contribution in [2.45, 2.75) is 25.5 Å². The topological polar surface area (TPSA) is 50.4 Å². The van der Waals surface area contributed by atoms with Gasteiger partial charge in [-0.1, -0.05) is 6.92 Å². The number of ether oxygens (including phenoxy) is 1. The normalized spacial score (nSPS) is 23.5. The Morgan fingerprint density at radius 2 is 2.53 bits per heavy atom. The molecule has 0 spiro atoms. The van der Waals surface area contributed by atoms with E-state index in [1.54, 1.807) is 11.8 Å². The first-order chi connectivity index (χ1) is 7.27. The Balaban J connectivity index is 2.31. The SMILES string of the molecule is CCC(CSC)NC(=O)C1CNCCO1. The molecule has 5 heteroatoms. The summed E-state index contributed by atoms with van der Waals surface area (Å²) in [7, 11) is 0. The minimum Gasteiger partial charge on any atom is -0.366 e. The number of amides is 1. The first-order valence-corrected chi connectivity index (χ1v) is 6.79. The molecule has 1 aliphatic rings. The molecule has 0 aliphatic carbocycles. The van der Waals surface area contributed by atoms with Crippen LogP contribution in [0.3, 0.4) is 0 Å². The van der Waals surface area contributed by atoms with Crippen molar-refractivity contribution in [1.29, 1.82) is 0 Å². The Morgan fingerprint density at radius 1 is 1.73 bits per heavy atom. The van der Waals surface area contributed by atoms with Crippen molar-refractivity contribution < 1.29 is 9.53 Å². The van der Waals surface area contributed by atoms with Crippen LogP contribution in [0, 0.1) is 0 Å². The summed E-state index contributed by atoms with van der Waals surface area (Å²) in [6, 6.07) is 0.262. The molecule has 4 nitrogen and oxygen atoms in total. The number of carbonyl (C=O) groups excluding carboxylic acids is 1. The maximum absolute atomic E-state index is 11.8. The molecule has 0 radical (unpaired) electrons. The number of hydrogen-bond donors (Lipinski definition) is 2. The number of hydrogen-bond acceptors (Lipinski definition) is 4. The van der Waals surface area contributed by atoms with E-state index in [1.165, 1.54) is 0 Å². The number of thioether (sulfide) groups is 1. The van der Waals surface area contributed by atoms with Gasteiger partial charge >= 0.3 is 0 Å². The van der Waals surface area contributed by atoms with Gasteiger partial charge in [0, 0.05) is 24.9 Å². The first-order valence-electron chi connectivity index (χ1n) is 5.39. The predicted molar refractivity (Wildman–Crippen MR) is 63.2 cm³/mol. The van der Waals surface area contributed by atoms with E-state index >= 15 is 0 Å². The van der Waals surface area contributed by atoms with Crippen LogP contribution in [0.15, 0.2) is 0 Å². The lowest BCUT2D eigenvalue weighted by Gasteiger charge is -2.25. The lowest BCUT2D eigenvalue weighted by molar-refractivity contribution is -0.134. The first kappa shape index (κ1) is 12.8. The second-order valence-corrected chi connectivity index (χ2v) is 4.54. The van der Waals surface area contributed by atoms with Crippen LogP contribution in [0.5, 0.6) is 0 Å². The third-order valence-electron chi connectivity index (χ3n) is 2.43. The summed E-state index contributed by atoms with van der Waals surface area (Å²) < 4.78 is 5.38. The number of carbonyl (C=O) groups is 1. The van der Waals surface area contributed by atoms with E-state index in [0.717, 1.165) is 18.7 Å². The highest BCUT2D eigenvalue weighted by molar-refractivity contribution is 7.98. The molecule has 1 rings (SSSR count). The third-order valence-corrected chi connectivity index (χ3v) is 3.16. The fraction of sp³-hybridized carbons (Fsp3) is 0.900. The van der Waals surface area contributed by atoms with Gasteiger partial charge in [-0.25, -0.2) is 0 Å². The maximum Gasteiger partial charge on any atom is 0.250 e. The highest BCUT2D eigenvalue weighted by Crippen LogP contribution is 2.03. The van der Waals surface area contributed by atoms with Crippen molar-refractivity contribution in [2.24, 2.45) is 0 Å². The Bertz CT molecular complexity index is 196. The van der Waals surface area contributed by atoms with Gasteiger partial charge in [0.25, 0.3) is 5.91 Å². The number of morpholine rings is 1. The highest BCUT2D eigenvalue weighted by Gasteiger charge is 2.23. The van der Waals surface area contributed by atoms with Crippen LogP contribution in [-0.4, -0.2) is 49.8 Å².